The minimum Gasteiger partial charge on any atom is -0.368 e. The van der Waals surface area contributed by atoms with E-state index < -0.39 is 0 Å². The van der Waals surface area contributed by atoms with Crippen LogP contribution in [0.4, 0.5) is 10.1 Å². The number of amides is 1. The van der Waals surface area contributed by atoms with Crippen LogP contribution in [0.2, 0.25) is 0 Å². The van der Waals surface area contributed by atoms with E-state index in [1.807, 2.05) is 29.2 Å². The van der Waals surface area contributed by atoms with Gasteiger partial charge in [-0.15, -0.1) is 0 Å². The molecule has 28 heavy (non-hydrogen) atoms. The molecule has 0 radical (unpaired) electrons. The van der Waals surface area contributed by atoms with E-state index in [0.29, 0.717) is 31.2 Å². The average Bonchev–Trinajstić information content (AvgIpc) is 3.16. The number of carbonyl (C=O) groups is 1. The molecule has 0 aliphatic carbocycles. The van der Waals surface area contributed by atoms with Crippen molar-refractivity contribution < 1.29 is 13.7 Å². The molecule has 2 aromatic carbocycles. The lowest BCUT2D eigenvalue weighted by Gasteiger charge is -2.36. The molecule has 7 heteroatoms. The van der Waals surface area contributed by atoms with Crippen molar-refractivity contribution in [2.24, 2.45) is 0 Å². The maximum atomic E-state index is 13.0. The van der Waals surface area contributed by atoms with Crippen LogP contribution in [0.5, 0.6) is 0 Å². The molecule has 0 N–H and O–H groups in total. The van der Waals surface area contributed by atoms with Crippen LogP contribution in [0.15, 0.2) is 53.1 Å². The second-order valence-corrected chi connectivity index (χ2v) is 6.85. The van der Waals surface area contributed by atoms with Crippen molar-refractivity contribution in [3.63, 3.8) is 0 Å². The fraction of sp³-hybridized carbons (Fsp3) is 0.286. The van der Waals surface area contributed by atoms with Crippen molar-refractivity contribution in [2.45, 2.75) is 13.3 Å². The summed E-state index contributed by atoms with van der Waals surface area (Å²) >= 11 is 0. The van der Waals surface area contributed by atoms with E-state index in [9.17, 15) is 9.18 Å². The lowest BCUT2D eigenvalue weighted by Crippen LogP contribution is -2.49. The van der Waals surface area contributed by atoms with Gasteiger partial charge in [0.15, 0.2) is 0 Å². The quantitative estimate of drug-likeness (QED) is 0.696. The lowest BCUT2D eigenvalue weighted by atomic mass is 10.1. The first-order chi connectivity index (χ1) is 13.6. The summed E-state index contributed by atoms with van der Waals surface area (Å²) in [6.45, 7) is 4.66. The predicted octanol–water partition coefficient (Wildman–Crippen LogP) is 3.08. The molecule has 1 saturated heterocycles. The monoisotopic (exact) mass is 380 g/mol. The highest BCUT2D eigenvalue weighted by atomic mass is 19.1. The standard InChI is InChI=1S/C21H21FN4O2/c1-15-23-21(24-28-15)17-4-8-19(9-5-17)25-10-12-26(13-11-25)20(27)14-16-2-6-18(22)7-3-16/h2-9H,10-14H2,1H3. The molecule has 1 amide bonds. The zero-order valence-electron chi connectivity index (χ0n) is 15.6. The van der Waals surface area contributed by atoms with E-state index in [4.69, 9.17) is 4.52 Å². The Morgan fingerprint density at radius 1 is 1.04 bits per heavy atom. The molecule has 4 rings (SSSR count). The lowest BCUT2D eigenvalue weighted by molar-refractivity contribution is -0.130. The van der Waals surface area contributed by atoms with Crippen LogP contribution in [0.1, 0.15) is 11.5 Å². The maximum Gasteiger partial charge on any atom is 0.227 e. The molecular weight excluding hydrogens is 359 g/mol. The number of benzene rings is 2. The van der Waals surface area contributed by atoms with E-state index in [1.54, 1.807) is 19.1 Å². The van der Waals surface area contributed by atoms with Crippen LogP contribution in [-0.2, 0) is 11.2 Å². The third-order valence-electron chi connectivity index (χ3n) is 4.92. The summed E-state index contributed by atoms with van der Waals surface area (Å²) in [7, 11) is 0. The fourth-order valence-electron chi connectivity index (χ4n) is 3.34. The van der Waals surface area contributed by atoms with Gasteiger partial charge in [0, 0.05) is 44.4 Å². The summed E-state index contributed by atoms with van der Waals surface area (Å²) in [4.78, 5) is 20.9. The molecule has 0 saturated carbocycles. The van der Waals surface area contributed by atoms with Crippen molar-refractivity contribution in [1.82, 2.24) is 15.0 Å². The van der Waals surface area contributed by atoms with Crippen LogP contribution >= 0.6 is 0 Å². The molecule has 6 nitrogen and oxygen atoms in total. The van der Waals surface area contributed by atoms with Crippen molar-refractivity contribution in [2.75, 3.05) is 31.1 Å². The SMILES string of the molecule is Cc1nc(-c2ccc(N3CCN(C(=O)Cc4ccc(F)cc4)CC3)cc2)no1. The minimum absolute atomic E-state index is 0.0779. The topological polar surface area (TPSA) is 62.5 Å². The molecular formula is C21H21FN4O2. The van der Waals surface area contributed by atoms with Gasteiger partial charge in [-0.1, -0.05) is 17.3 Å². The summed E-state index contributed by atoms with van der Waals surface area (Å²) in [5.74, 6) is 0.917. The Bertz CT molecular complexity index is 945. The van der Waals surface area contributed by atoms with Crippen LogP contribution < -0.4 is 4.90 Å². The molecule has 144 valence electrons. The summed E-state index contributed by atoms with van der Waals surface area (Å²) in [6, 6.07) is 14.1. The number of aromatic nitrogens is 2. The second-order valence-electron chi connectivity index (χ2n) is 6.85. The van der Waals surface area contributed by atoms with E-state index in [-0.39, 0.29) is 11.7 Å². The van der Waals surface area contributed by atoms with E-state index >= 15 is 0 Å². The molecule has 0 atom stereocenters. The molecule has 1 aromatic heterocycles. The van der Waals surface area contributed by atoms with Gasteiger partial charge in [-0.2, -0.15) is 4.98 Å². The number of piperazine rings is 1. The van der Waals surface area contributed by atoms with Crippen molar-refractivity contribution >= 4 is 11.6 Å². The van der Waals surface area contributed by atoms with E-state index in [2.05, 4.69) is 15.0 Å². The highest BCUT2D eigenvalue weighted by Crippen LogP contribution is 2.22. The number of halogens is 1. The highest BCUT2D eigenvalue weighted by molar-refractivity contribution is 5.79. The first-order valence-electron chi connectivity index (χ1n) is 9.26. The molecule has 1 aliphatic heterocycles. The smallest absolute Gasteiger partial charge is 0.227 e. The zero-order chi connectivity index (χ0) is 19.5. The largest absolute Gasteiger partial charge is 0.368 e. The third-order valence-corrected chi connectivity index (χ3v) is 4.92. The molecule has 0 bridgehead atoms. The van der Waals surface area contributed by atoms with Gasteiger partial charge in [0.25, 0.3) is 0 Å². The van der Waals surface area contributed by atoms with Gasteiger partial charge >= 0.3 is 0 Å². The number of aryl methyl sites for hydroxylation is 1. The summed E-state index contributed by atoms with van der Waals surface area (Å²) in [5.41, 5.74) is 2.85. The van der Waals surface area contributed by atoms with Gasteiger partial charge in [-0.05, 0) is 42.0 Å². The normalized spacial score (nSPS) is 14.4. The molecule has 0 unspecified atom stereocenters. The van der Waals surface area contributed by atoms with Gasteiger partial charge in [0.05, 0.1) is 6.42 Å². The minimum atomic E-state index is -0.287. The van der Waals surface area contributed by atoms with Crippen LogP contribution in [-0.4, -0.2) is 47.1 Å². The van der Waals surface area contributed by atoms with E-state index in [0.717, 1.165) is 29.9 Å². The third kappa shape index (κ3) is 4.03. The van der Waals surface area contributed by atoms with Crippen LogP contribution in [0.3, 0.4) is 0 Å². The Morgan fingerprint density at radius 2 is 1.71 bits per heavy atom. The molecule has 1 fully saturated rings. The van der Waals surface area contributed by atoms with Crippen molar-refractivity contribution in [1.29, 1.82) is 0 Å². The van der Waals surface area contributed by atoms with Gasteiger partial charge in [0.1, 0.15) is 5.82 Å². The maximum absolute atomic E-state index is 13.0. The molecule has 0 spiro atoms. The first kappa shape index (κ1) is 18.2. The highest BCUT2D eigenvalue weighted by Gasteiger charge is 2.21. The van der Waals surface area contributed by atoms with Crippen molar-refractivity contribution in [3.8, 4) is 11.4 Å². The molecule has 2 heterocycles. The van der Waals surface area contributed by atoms with Crippen LogP contribution in [0, 0.1) is 12.7 Å². The van der Waals surface area contributed by atoms with Gasteiger partial charge in [0.2, 0.25) is 17.6 Å². The van der Waals surface area contributed by atoms with Crippen LogP contribution in [0.25, 0.3) is 11.4 Å². The van der Waals surface area contributed by atoms with Gasteiger partial charge < -0.3 is 14.3 Å². The summed E-state index contributed by atoms with van der Waals surface area (Å²) in [6.07, 6.45) is 0.305. The Kier molecular flexibility index (Phi) is 5.06. The van der Waals surface area contributed by atoms with Crippen molar-refractivity contribution in [3.05, 3.63) is 65.8 Å². The number of anilines is 1. The summed E-state index contributed by atoms with van der Waals surface area (Å²) < 4.78 is 18.0. The summed E-state index contributed by atoms with van der Waals surface area (Å²) in [5, 5.41) is 3.93. The fourth-order valence-corrected chi connectivity index (χ4v) is 3.34. The Balaban J connectivity index is 1.33. The Morgan fingerprint density at radius 3 is 2.32 bits per heavy atom. The zero-order valence-corrected chi connectivity index (χ0v) is 15.6. The Hall–Kier alpha value is -3.22. The molecule has 3 aromatic rings. The molecule has 1 aliphatic rings. The number of rotatable bonds is 4. The number of hydrogen-bond donors (Lipinski definition) is 0. The average molecular weight is 380 g/mol. The van der Waals surface area contributed by atoms with Gasteiger partial charge in [-0.25, -0.2) is 4.39 Å². The first-order valence-corrected chi connectivity index (χ1v) is 9.26. The second kappa shape index (κ2) is 7.80. The van der Waals surface area contributed by atoms with Gasteiger partial charge in [-0.3, -0.25) is 4.79 Å². The Labute approximate surface area is 162 Å². The number of carbonyl (C=O) groups excluding carboxylic acids is 1. The number of nitrogens with zero attached hydrogens (tertiary/aromatic N) is 4. The predicted molar refractivity (Wildman–Crippen MR) is 103 cm³/mol. The number of hydrogen-bond acceptors (Lipinski definition) is 5. The van der Waals surface area contributed by atoms with E-state index in [1.165, 1.54) is 12.1 Å².